The van der Waals surface area contributed by atoms with Crippen molar-refractivity contribution in [2.45, 2.75) is 43.7 Å². The van der Waals surface area contributed by atoms with Crippen LogP contribution >= 0.6 is 0 Å². The van der Waals surface area contributed by atoms with Gasteiger partial charge in [0.15, 0.2) is 5.54 Å². The summed E-state index contributed by atoms with van der Waals surface area (Å²) in [6.07, 6.45) is 7.51. The van der Waals surface area contributed by atoms with Gasteiger partial charge in [-0.1, -0.05) is 0 Å². The molecule has 0 spiro atoms. The Kier molecular flexibility index (Phi) is 14.5. The van der Waals surface area contributed by atoms with Gasteiger partial charge in [0, 0.05) is 6.42 Å². The van der Waals surface area contributed by atoms with E-state index < -0.39 is 17.6 Å². The Morgan fingerprint density at radius 1 is 0.793 bits per heavy atom. The summed E-state index contributed by atoms with van der Waals surface area (Å²) in [4.78, 5) is 81.6. The van der Waals surface area contributed by atoms with Crippen LogP contribution in [0.1, 0.15) is 32.1 Å². The molecule has 0 aliphatic carbocycles. The van der Waals surface area contributed by atoms with Gasteiger partial charge < -0.3 is 4.74 Å². The molecule has 0 bridgehead atoms. The monoisotopic (exact) mass is 405 g/mol. The molecule has 0 aliphatic heterocycles. The highest BCUT2D eigenvalue weighted by molar-refractivity contribution is 5.82. The van der Waals surface area contributed by atoms with Crippen molar-refractivity contribution in [1.82, 2.24) is 0 Å². The van der Waals surface area contributed by atoms with E-state index in [2.05, 4.69) is 25.0 Å². The first-order valence-corrected chi connectivity index (χ1v) is 8.54. The van der Waals surface area contributed by atoms with Crippen molar-refractivity contribution < 1.29 is 33.5 Å². The molecule has 12 nitrogen and oxygen atoms in total. The van der Waals surface area contributed by atoms with Gasteiger partial charge in [-0.3, -0.25) is 0 Å². The van der Waals surface area contributed by atoms with Gasteiger partial charge in [-0.2, -0.15) is 4.99 Å². The number of rotatable bonds is 16. The van der Waals surface area contributed by atoms with Crippen LogP contribution in [0.2, 0.25) is 0 Å². The largest absolute Gasteiger partial charge is 0.462 e. The molecule has 12 heteroatoms. The van der Waals surface area contributed by atoms with Crippen molar-refractivity contribution in [1.29, 1.82) is 0 Å². The quantitative estimate of drug-likeness (QED) is 0.153. The summed E-state index contributed by atoms with van der Waals surface area (Å²) >= 11 is 0. The van der Waals surface area contributed by atoms with E-state index in [9.17, 15) is 28.8 Å². The van der Waals surface area contributed by atoms with Crippen LogP contribution < -0.4 is 0 Å². The lowest BCUT2D eigenvalue weighted by Crippen LogP contribution is -2.40. The van der Waals surface area contributed by atoms with Gasteiger partial charge in [-0.25, -0.2) is 48.7 Å². The van der Waals surface area contributed by atoms with Crippen molar-refractivity contribution in [3.05, 3.63) is 0 Å². The van der Waals surface area contributed by atoms with Gasteiger partial charge >= 0.3 is 5.97 Å². The van der Waals surface area contributed by atoms with E-state index in [0.29, 0.717) is 6.42 Å². The molecule has 0 heterocycles. The first-order valence-electron chi connectivity index (χ1n) is 8.54. The molecule has 0 aromatic carbocycles. The standard InChI is InChI=1S/C17H19N5O7/c23-10-18-6-3-15(21-13-26)2-1-4-17(22-14-27,5-7-19-11-24)16(28)29-9-8-20-12-25/h15H,1-9H2. The molecule has 0 saturated carbocycles. The third kappa shape index (κ3) is 11.0. The van der Waals surface area contributed by atoms with E-state index in [1.54, 1.807) is 0 Å². The molecule has 2 atom stereocenters. The zero-order chi connectivity index (χ0) is 21.8. The Hall–Kier alpha value is -3.63. The summed E-state index contributed by atoms with van der Waals surface area (Å²) in [6, 6.07) is -0.506. The van der Waals surface area contributed by atoms with Crippen LogP contribution in [0.5, 0.6) is 0 Å². The minimum atomic E-state index is -1.66. The molecule has 0 radical (unpaired) electrons. The van der Waals surface area contributed by atoms with E-state index in [0.717, 1.165) is 0 Å². The lowest BCUT2D eigenvalue weighted by Gasteiger charge is -2.25. The molecule has 0 rings (SSSR count). The van der Waals surface area contributed by atoms with E-state index in [-0.39, 0.29) is 51.9 Å². The lowest BCUT2D eigenvalue weighted by molar-refractivity contribution is -0.150. The Balaban J connectivity index is 5.26. The minimum Gasteiger partial charge on any atom is -0.462 e. The number of ether oxygens (including phenoxy) is 1. The molecular formula is C17H19N5O7. The number of carbonyl (C=O) groups excluding carboxylic acids is 6. The zero-order valence-electron chi connectivity index (χ0n) is 15.5. The second-order valence-corrected chi connectivity index (χ2v) is 5.59. The predicted molar refractivity (Wildman–Crippen MR) is 95.8 cm³/mol. The fraction of sp³-hybridized carbons (Fsp3) is 0.647. The van der Waals surface area contributed by atoms with Gasteiger partial charge in [0.25, 0.3) is 0 Å². The Morgan fingerprint density at radius 3 is 2.07 bits per heavy atom. The van der Waals surface area contributed by atoms with E-state index in [1.165, 1.54) is 30.4 Å². The van der Waals surface area contributed by atoms with Crippen LogP contribution in [-0.2, 0) is 33.5 Å². The number of isocyanates is 5. The highest BCUT2D eigenvalue weighted by atomic mass is 16.5. The summed E-state index contributed by atoms with van der Waals surface area (Å²) in [5.74, 6) is -0.871. The SMILES string of the molecule is O=C=NCCOC(=O)C(CCCC(CCN=C=O)N=C=O)(CCN=C=O)N=C=O. The predicted octanol–water partition coefficient (Wildman–Crippen LogP) is 0.266. The van der Waals surface area contributed by atoms with Gasteiger partial charge in [0.05, 0.1) is 25.7 Å². The van der Waals surface area contributed by atoms with Crippen LogP contribution in [0, 0.1) is 0 Å². The second kappa shape index (κ2) is 16.5. The van der Waals surface area contributed by atoms with Crippen molar-refractivity contribution >= 4 is 36.4 Å². The van der Waals surface area contributed by atoms with Crippen molar-refractivity contribution in [3.8, 4) is 0 Å². The molecule has 2 unspecified atom stereocenters. The molecular weight excluding hydrogens is 386 g/mol. The fourth-order valence-corrected chi connectivity index (χ4v) is 2.46. The summed E-state index contributed by atoms with van der Waals surface area (Å²) in [6.45, 7) is -0.372. The Labute approximate surface area is 165 Å². The molecule has 0 aromatic heterocycles. The van der Waals surface area contributed by atoms with Gasteiger partial charge in [-0.15, -0.1) is 0 Å². The number of hydrogen-bond donors (Lipinski definition) is 0. The second-order valence-electron chi connectivity index (χ2n) is 5.59. The van der Waals surface area contributed by atoms with Crippen molar-refractivity contribution in [2.24, 2.45) is 25.0 Å². The molecule has 0 fully saturated rings. The third-order valence-corrected chi connectivity index (χ3v) is 3.84. The van der Waals surface area contributed by atoms with Crippen molar-refractivity contribution in [3.63, 3.8) is 0 Å². The first kappa shape index (κ1) is 25.4. The van der Waals surface area contributed by atoms with Crippen LogP contribution in [0.3, 0.4) is 0 Å². The fourth-order valence-electron chi connectivity index (χ4n) is 2.46. The molecule has 0 aromatic rings. The molecule has 0 saturated heterocycles. The van der Waals surface area contributed by atoms with Crippen LogP contribution in [0.15, 0.2) is 25.0 Å². The van der Waals surface area contributed by atoms with E-state index >= 15 is 0 Å². The molecule has 154 valence electrons. The van der Waals surface area contributed by atoms with E-state index in [1.807, 2.05) is 0 Å². The van der Waals surface area contributed by atoms with Crippen LogP contribution in [0.4, 0.5) is 0 Å². The Bertz CT molecular complexity index is 769. The van der Waals surface area contributed by atoms with E-state index in [4.69, 9.17) is 4.74 Å². The van der Waals surface area contributed by atoms with Crippen LogP contribution in [-0.4, -0.2) is 74.2 Å². The summed E-state index contributed by atoms with van der Waals surface area (Å²) in [5, 5.41) is 0. The third-order valence-electron chi connectivity index (χ3n) is 3.84. The Morgan fingerprint density at radius 2 is 1.45 bits per heavy atom. The average molecular weight is 405 g/mol. The normalized spacial score (nSPS) is 12.3. The van der Waals surface area contributed by atoms with Gasteiger partial charge in [-0.05, 0) is 25.7 Å². The number of aliphatic imine (C=N–C) groups is 5. The number of hydrogen-bond acceptors (Lipinski definition) is 12. The summed E-state index contributed by atoms with van der Waals surface area (Å²) < 4.78 is 5.01. The number of esters is 1. The zero-order valence-corrected chi connectivity index (χ0v) is 15.5. The van der Waals surface area contributed by atoms with Gasteiger partial charge in [0.2, 0.25) is 30.4 Å². The average Bonchev–Trinajstić information content (AvgIpc) is 2.71. The maximum absolute atomic E-state index is 12.5. The number of nitrogens with zero attached hydrogens (tertiary/aromatic N) is 5. The summed E-state index contributed by atoms with van der Waals surface area (Å²) in [5.41, 5.74) is -1.66. The first-order chi connectivity index (χ1) is 14.1. The molecule has 0 N–H and O–H groups in total. The highest BCUT2D eigenvalue weighted by Gasteiger charge is 2.39. The number of carbonyl (C=O) groups is 1. The maximum atomic E-state index is 12.5. The minimum absolute atomic E-state index is 0.00816. The molecule has 29 heavy (non-hydrogen) atoms. The molecule has 0 aliphatic rings. The molecule has 0 amide bonds. The highest BCUT2D eigenvalue weighted by Crippen LogP contribution is 2.26. The van der Waals surface area contributed by atoms with Crippen LogP contribution in [0.25, 0.3) is 0 Å². The topological polar surface area (TPSA) is 173 Å². The lowest BCUT2D eigenvalue weighted by atomic mass is 9.88. The smallest absolute Gasteiger partial charge is 0.335 e. The summed E-state index contributed by atoms with van der Waals surface area (Å²) in [7, 11) is 0. The van der Waals surface area contributed by atoms with Crippen molar-refractivity contribution in [2.75, 3.05) is 26.2 Å². The van der Waals surface area contributed by atoms with Gasteiger partial charge in [0.1, 0.15) is 6.61 Å². The maximum Gasteiger partial charge on any atom is 0.335 e.